The van der Waals surface area contributed by atoms with Gasteiger partial charge in [0.1, 0.15) is 0 Å². The summed E-state index contributed by atoms with van der Waals surface area (Å²) in [5.74, 6) is -0.160. The predicted molar refractivity (Wildman–Crippen MR) is 81.7 cm³/mol. The van der Waals surface area contributed by atoms with E-state index in [4.69, 9.17) is 16.3 Å². The lowest BCUT2D eigenvalue weighted by Crippen LogP contribution is -2.46. The molecule has 1 N–H and O–H groups in total. The molecule has 22 heavy (non-hydrogen) atoms. The van der Waals surface area contributed by atoms with Crippen LogP contribution in [-0.4, -0.2) is 61.1 Å². The van der Waals surface area contributed by atoms with Crippen molar-refractivity contribution in [2.24, 2.45) is 0 Å². The molecule has 2 aliphatic heterocycles. The number of hydrogen-bond acceptors (Lipinski definition) is 4. The summed E-state index contributed by atoms with van der Waals surface area (Å²) in [6.07, 6.45) is -0.0776. The SMILES string of the molecule is O=C(CN1CCOC(c2ccc(Cl)cc2)C1)N1CCNC1=O. The molecule has 1 unspecified atom stereocenters. The fraction of sp³-hybridized carbons (Fsp3) is 0.467. The summed E-state index contributed by atoms with van der Waals surface area (Å²) < 4.78 is 5.77. The lowest BCUT2D eigenvalue weighted by Gasteiger charge is -2.33. The van der Waals surface area contributed by atoms with E-state index < -0.39 is 0 Å². The third-order valence-electron chi connectivity index (χ3n) is 3.91. The van der Waals surface area contributed by atoms with Gasteiger partial charge < -0.3 is 10.1 Å². The lowest BCUT2D eigenvalue weighted by molar-refractivity contribution is -0.130. The summed E-state index contributed by atoms with van der Waals surface area (Å²) in [4.78, 5) is 27.0. The van der Waals surface area contributed by atoms with Crippen LogP contribution in [0.2, 0.25) is 5.02 Å². The first-order valence-electron chi connectivity index (χ1n) is 7.31. The zero-order chi connectivity index (χ0) is 15.5. The first-order chi connectivity index (χ1) is 10.6. The van der Waals surface area contributed by atoms with Crippen molar-refractivity contribution in [3.05, 3.63) is 34.9 Å². The van der Waals surface area contributed by atoms with Gasteiger partial charge in [0.25, 0.3) is 0 Å². The fourth-order valence-electron chi connectivity index (χ4n) is 2.71. The highest BCUT2D eigenvalue weighted by Gasteiger charge is 2.29. The second-order valence-electron chi connectivity index (χ2n) is 5.42. The molecule has 2 aliphatic rings. The molecule has 0 aliphatic carbocycles. The van der Waals surface area contributed by atoms with Crippen molar-refractivity contribution in [3.63, 3.8) is 0 Å². The molecule has 1 atom stereocenters. The number of hydrogen-bond donors (Lipinski definition) is 1. The second kappa shape index (κ2) is 6.64. The molecule has 0 aromatic heterocycles. The summed E-state index contributed by atoms with van der Waals surface area (Å²) in [6, 6.07) is 7.24. The summed E-state index contributed by atoms with van der Waals surface area (Å²) >= 11 is 5.90. The molecule has 2 saturated heterocycles. The zero-order valence-electron chi connectivity index (χ0n) is 12.1. The molecule has 3 rings (SSSR count). The van der Waals surface area contributed by atoms with Crippen molar-refractivity contribution >= 4 is 23.5 Å². The average Bonchev–Trinajstić information content (AvgIpc) is 2.94. The first kappa shape index (κ1) is 15.3. The van der Waals surface area contributed by atoms with Gasteiger partial charge in [-0.3, -0.25) is 14.6 Å². The number of morpholine rings is 1. The largest absolute Gasteiger partial charge is 0.371 e. The molecular formula is C15H18ClN3O3. The quantitative estimate of drug-likeness (QED) is 0.910. The van der Waals surface area contributed by atoms with Crippen molar-refractivity contribution < 1.29 is 14.3 Å². The predicted octanol–water partition coefficient (Wildman–Crippen LogP) is 1.27. The van der Waals surface area contributed by atoms with Crippen LogP contribution < -0.4 is 5.32 Å². The van der Waals surface area contributed by atoms with Gasteiger partial charge >= 0.3 is 6.03 Å². The van der Waals surface area contributed by atoms with Crippen molar-refractivity contribution in [1.29, 1.82) is 0 Å². The standard InChI is InChI=1S/C15H18ClN3O3/c16-12-3-1-11(2-4-12)13-9-18(7-8-22-13)10-14(20)19-6-5-17-15(19)21/h1-4,13H,5-10H2,(H,17,21). The van der Waals surface area contributed by atoms with E-state index in [1.165, 1.54) is 4.90 Å². The van der Waals surface area contributed by atoms with E-state index in [1.54, 1.807) is 0 Å². The molecule has 0 bridgehead atoms. The van der Waals surface area contributed by atoms with Crippen molar-refractivity contribution in [2.45, 2.75) is 6.10 Å². The number of carbonyl (C=O) groups excluding carboxylic acids is 2. The van der Waals surface area contributed by atoms with Crippen LogP contribution in [0.5, 0.6) is 0 Å². The minimum atomic E-state index is -0.299. The normalized spacial score (nSPS) is 22.7. The Hall–Kier alpha value is -1.63. The van der Waals surface area contributed by atoms with Crippen LogP contribution in [-0.2, 0) is 9.53 Å². The monoisotopic (exact) mass is 323 g/mol. The van der Waals surface area contributed by atoms with Crippen molar-refractivity contribution in [1.82, 2.24) is 15.1 Å². The van der Waals surface area contributed by atoms with Crippen LogP contribution in [0.3, 0.4) is 0 Å². The van der Waals surface area contributed by atoms with Crippen molar-refractivity contribution in [3.8, 4) is 0 Å². The van der Waals surface area contributed by atoms with Gasteiger partial charge in [-0.15, -0.1) is 0 Å². The van der Waals surface area contributed by atoms with Gasteiger partial charge in [-0.2, -0.15) is 0 Å². The number of nitrogens with one attached hydrogen (secondary N) is 1. The molecule has 6 nitrogen and oxygen atoms in total. The molecule has 118 valence electrons. The second-order valence-corrected chi connectivity index (χ2v) is 5.86. The van der Waals surface area contributed by atoms with Crippen LogP contribution in [0.15, 0.2) is 24.3 Å². The molecule has 7 heteroatoms. The Morgan fingerprint density at radius 1 is 1.32 bits per heavy atom. The summed E-state index contributed by atoms with van der Waals surface area (Å²) in [7, 11) is 0. The average molecular weight is 324 g/mol. The molecule has 2 fully saturated rings. The molecule has 2 heterocycles. The van der Waals surface area contributed by atoms with Gasteiger partial charge in [0.15, 0.2) is 0 Å². The summed E-state index contributed by atoms with van der Waals surface area (Å²) in [6.45, 7) is 3.09. The Balaban J connectivity index is 1.59. The van der Waals surface area contributed by atoms with Gasteiger partial charge in [0.2, 0.25) is 5.91 Å². The molecule has 0 saturated carbocycles. The van der Waals surface area contributed by atoms with E-state index in [1.807, 2.05) is 29.2 Å². The third-order valence-corrected chi connectivity index (χ3v) is 4.16. The maximum Gasteiger partial charge on any atom is 0.324 e. The van der Waals surface area contributed by atoms with Gasteiger partial charge in [0, 0.05) is 31.2 Å². The molecule has 1 aromatic rings. The number of urea groups is 1. The number of benzene rings is 1. The number of carbonyl (C=O) groups is 2. The Labute approximate surface area is 134 Å². The van der Waals surface area contributed by atoms with Gasteiger partial charge in [-0.05, 0) is 17.7 Å². The van der Waals surface area contributed by atoms with E-state index in [2.05, 4.69) is 5.32 Å². The van der Waals surface area contributed by atoms with E-state index in [0.717, 1.165) is 5.56 Å². The van der Waals surface area contributed by atoms with Gasteiger partial charge in [0.05, 0.1) is 19.3 Å². The Morgan fingerprint density at radius 3 is 2.77 bits per heavy atom. The number of nitrogens with zero attached hydrogens (tertiary/aromatic N) is 2. The molecule has 0 radical (unpaired) electrons. The van der Waals surface area contributed by atoms with E-state index >= 15 is 0 Å². The summed E-state index contributed by atoms with van der Waals surface area (Å²) in [5.41, 5.74) is 1.04. The molecule has 1 aromatic carbocycles. The fourth-order valence-corrected chi connectivity index (χ4v) is 2.84. The molecule has 0 spiro atoms. The number of rotatable bonds is 3. The first-order valence-corrected chi connectivity index (χ1v) is 7.69. The summed E-state index contributed by atoms with van der Waals surface area (Å²) in [5, 5.41) is 3.32. The molecule has 3 amide bonds. The van der Waals surface area contributed by atoms with Crippen LogP contribution in [0.25, 0.3) is 0 Å². The van der Waals surface area contributed by atoms with Crippen LogP contribution in [0.4, 0.5) is 4.79 Å². The number of halogens is 1. The van der Waals surface area contributed by atoms with E-state index in [0.29, 0.717) is 37.8 Å². The van der Waals surface area contributed by atoms with E-state index in [-0.39, 0.29) is 24.6 Å². The van der Waals surface area contributed by atoms with Crippen LogP contribution in [0.1, 0.15) is 11.7 Å². The highest BCUT2D eigenvalue weighted by Crippen LogP contribution is 2.23. The highest BCUT2D eigenvalue weighted by molar-refractivity contribution is 6.30. The van der Waals surface area contributed by atoms with Gasteiger partial charge in [-0.1, -0.05) is 23.7 Å². The number of ether oxygens (including phenoxy) is 1. The smallest absolute Gasteiger partial charge is 0.324 e. The minimum Gasteiger partial charge on any atom is -0.371 e. The Bertz CT molecular complexity index is 564. The van der Waals surface area contributed by atoms with Crippen LogP contribution >= 0.6 is 11.6 Å². The maximum absolute atomic E-state index is 12.2. The Kier molecular flexibility index (Phi) is 4.61. The zero-order valence-corrected chi connectivity index (χ0v) is 12.9. The molecular weight excluding hydrogens is 306 g/mol. The third kappa shape index (κ3) is 3.40. The van der Waals surface area contributed by atoms with E-state index in [9.17, 15) is 9.59 Å². The lowest BCUT2D eigenvalue weighted by atomic mass is 10.1. The van der Waals surface area contributed by atoms with Crippen LogP contribution in [0, 0.1) is 0 Å². The number of amides is 3. The maximum atomic E-state index is 12.2. The minimum absolute atomic E-state index is 0.0776. The highest BCUT2D eigenvalue weighted by atomic mass is 35.5. The van der Waals surface area contributed by atoms with Crippen molar-refractivity contribution in [2.75, 3.05) is 39.3 Å². The number of imide groups is 1. The topological polar surface area (TPSA) is 61.9 Å². The van der Waals surface area contributed by atoms with Gasteiger partial charge in [-0.25, -0.2) is 4.79 Å². The Morgan fingerprint density at radius 2 is 2.09 bits per heavy atom.